The van der Waals surface area contributed by atoms with Gasteiger partial charge in [-0.15, -0.1) is 0 Å². The molecule has 6 nitrogen and oxygen atoms in total. The van der Waals surface area contributed by atoms with E-state index < -0.39 is 0 Å². The minimum absolute atomic E-state index is 0.0279. The molecule has 0 N–H and O–H groups in total. The lowest BCUT2D eigenvalue weighted by Gasteiger charge is -2.28. The molecule has 3 aliphatic rings. The van der Waals surface area contributed by atoms with Gasteiger partial charge in [-0.05, 0) is 25.2 Å². The molecule has 2 aliphatic heterocycles. The molecule has 0 radical (unpaired) electrons. The zero-order chi connectivity index (χ0) is 14.9. The van der Waals surface area contributed by atoms with Gasteiger partial charge in [-0.2, -0.15) is 0 Å². The Hall–Kier alpha value is -1.40. The molecule has 1 atom stereocenters. The lowest BCUT2D eigenvalue weighted by atomic mass is 10.1. The van der Waals surface area contributed by atoms with E-state index in [1.165, 1.54) is 0 Å². The lowest BCUT2D eigenvalue weighted by Crippen LogP contribution is -2.40. The second kappa shape index (κ2) is 6.01. The fraction of sp³-hybridized carbons (Fsp3) is 0.750. The summed E-state index contributed by atoms with van der Waals surface area (Å²) in [4.78, 5) is 16.9. The molecule has 0 bridgehead atoms. The number of likely N-dealkylation sites (tertiary alicyclic amines) is 1. The second-order valence-corrected chi connectivity index (χ2v) is 6.71. The molecule has 1 aliphatic carbocycles. The van der Waals surface area contributed by atoms with Crippen molar-refractivity contribution in [2.45, 2.75) is 25.2 Å². The van der Waals surface area contributed by atoms with Crippen molar-refractivity contribution in [1.29, 1.82) is 0 Å². The average Bonchev–Trinajstić information content (AvgIpc) is 3.10. The fourth-order valence-corrected chi connectivity index (χ4v) is 3.43. The molecule has 22 heavy (non-hydrogen) atoms. The first-order chi connectivity index (χ1) is 10.8. The zero-order valence-electron chi connectivity index (χ0n) is 12.9. The zero-order valence-corrected chi connectivity index (χ0v) is 12.9. The predicted molar refractivity (Wildman–Crippen MR) is 79.7 cm³/mol. The first-order valence-electron chi connectivity index (χ1n) is 8.35. The standard InChI is InChI=1S/C16H23N3O3/c20-16(14-9-15(22-17-14)13-1-2-13)19-4-3-12(11-19)10-18-5-7-21-8-6-18/h9,12-13H,1-8,10-11H2/t12-/m0/s1. The Balaban J connectivity index is 1.32. The highest BCUT2D eigenvalue weighted by Crippen LogP contribution is 2.40. The van der Waals surface area contributed by atoms with E-state index in [1.54, 1.807) is 0 Å². The van der Waals surface area contributed by atoms with Crippen LogP contribution < -0.4 is 0 Å². The van der Waals surface area contributed by atoms with Crippen LogP contribution in [-0.2, 0) is 4.74 Å². The highest BCUT2D eigenvalue weighted by molar-refractivity contribution is 5.92. The van der Waals surface area contributed by atoms with Crippen LogP contribution in [0.2, 0.25) is 0 Å². The average molecular weight is 305 g/mol. The highest BCUT2D eigenvalue weighted by atomic mass is 16.5. The Bertz CT molecular complexity index is 534. The molecule has 120 valence electrons. The summed E-state index contributed by atoms with van der Waals surface area (Å²) in [6.45, 7) is 6.42. The number of nitrogens with zero attached hydrogens (tertiary/aromatic N) is 3. The van der Waals surface area contributed by atoms with E-state index in [9.17, 15) is 4.79 Å². The Labute approximate surface area is 130 Å². The maximum absolute atomic E-state index is 12.5. The molecule has 1 aromatic heterocycles. The van der Waals surface area contributed by atoms with Crippen LogP contribution in [0.5, 0.6) is 0 Å². The van der Waals surface area contributed by atoms with E-state index in [1.807, 2.05) is 11.0 Å². The van der Waals surface area contributed by atoms with Crippen LogP contribution in [0.1, 0.15) is 41.4 Å². The van der Waals surface area contributed by atoms with Gasteiger partial charge in [0.2, 0.25) is 0 Å². The highest BCUT2D eigenvalue weighted by Gasteiger charge is 2.32. The lowest BCUT2D eigenvalue weighted by molar-refractivity contribution is 0.0310. The minimum atomic E-state index is 0.0279. The van der Waals surface area contributed by atoms with Crippen molar-refractivity contribution in [3.8, 4) is 0 Å². The summed E-state index contributed by atoms with van der Waals surface area (Å²) in [7, 11) is 0. The smallest absolute Gasteiger partial charge is 0.276 e. The Kier molecular flexibility index (Phi) is 3.88. The van der Waals surface area contributed by atoms with Gasteiger partial charge in [0.05, 0.1) is 13.2 Å². The molecule has 1 amide bonds. The van der Waals surface area contributed by atoms with Gasteiger partial charge in [0.1, 0.15) is 5.76 Å². The van der Waals surface area contributed by atoms with Crippen molar-refractivity contribution < 1.29 is 14.1 Å². The van der Waals surface area contributed by atoms with E-state index in [4.69, 9.17) is 9.26 Å². The maximum atomic E-state index is 12.5. The molecule has 4 rings (SSSR count). The van der Waals surface area contributed by atoms with E-state index in [-0.39, 0.29) is 5.91 Å². The normalized spacial score (nSPS) is 26.5. The first kappa shape index (κ1) is 14.2. The summed E-state index contributed by atoms with van der Waals surface area (Å²) in [5.41, 5.74) is 0.480. The van der Waals surface area contributed by atoms with E-state index >= 15 is 0 Å². The Morgan fingerprint density at radius 2 is 2.05 bits per heavy atom. The van der Waals surface area contributed by atoms with Crippen LogP contribution in [-0.4, -0.2) is 66.8 Å². The van der Waals surface area contributed by atoms with Crippen molar-refractivity contribution in [3.63, 3.8) is 0 Å². The maximum Gasteiger partial charge on any atom is 0.276 e. The number of carbonyl (C=O) groups excluding carboxylic acids is 1. The number of carbonyl (C=O) groups is 1. The third-order valence-corrected chi connectivity index (χ3v) is 4.92. The molecule has 0 aromatic carbocycles. The third kappa shape index (κ3) is 3.03. The van der Waals surface area contributed by atoms with Crippen LogP contribution in [0.25, 0.3) is 0 Å². The van der Waals surface area contributed by atoms with Gasteiger partial charge in [-0.3, -0.25) is 9.69 Å². The Morgan fingerprint density at radius 1 is 1.23 bits per heavy atom. The number of morpholine rings is 1. The summed E-state index contributed by atoms with van der Waals surface area (Å²) >= 11 is 0. The number of hydrogen-bond donors (Lipinski definition) is 0. The van der Waals surface area contributed by atoms with Crippen molar-refractivity contribution >= 4 is 5.91 Å². The summed E-state index contributed by atoms with van der Waals surface area (Å²) < 4.78 is 10.7. The second-order valence-electron chi connectivity index (χ2n) is 6.71. The van der Waals surface area contributed by atoms with Gasteiger partial charge in [0.15, 0.2) is 5.69 Å². The number of amides is 1. The quantitative estimate of drug-likeness (QED) is 0.840. The van der Waals surface area contributed by atoms with Crippen molar-refractivity contribution in [2.24, 2.45) is 5.92 Å². The van der Waals surface area contributed by atoms with Crippen LogP contribution in [0.4, 0.5) is 0 Å². The molecule has 6 heteroatoms. The number of ether oxygens (including phenoxy) is 1. The molecule has 2 saturated heterocycles. The number of aromatic nitrogens is 1. The summed E-state index contributed by atoms with van der Waals surface area (Å²) in [5.74, 6) is 1.98. The molecule has 0 unspecified atom stereocenters. The SMILES string of the molecule is O=C(c1cc(C2CC2)on1)N1CC[C@@H](CN2CCOCC2)C1. The van der Waals surface area contributed by atoms with Crippen LogP contribution in [0.3, 0.4) is 0 Å². The van der Waals surface area contributed by atoms with Crippen LogP contribution in [0, 0.1) is 5.92 Å². The van der Waals surface area contributed by atoms with Crippen LogP contribution in [0.15, 0.2) is 10.6 Å². The molecular formula is C16H23N3O3. The topological polar surface area (TPSA) is 58.8 Å². The largest absolute Gasteiger partial charge is 0.379 e. The van der Waals surface area contributed by atoms with Crippen molar-refractivity contribution in [2.75, 3.05) is 45.9 Å². The minimum Gasteiger partial charge on any atom is -0.379 e. The van der Waals surface area contributed by atoms with E-state index in [0.717, 1.165) is 71.0 Å². The fourth-order valence-electron chi connectivity index (χ4n) is 3.43. The van der Waals surface area contributed by atoms with Crippen molar-refractivity contribution in [3.05, 3.63) is 17.5 Å². The van der Waals surface area contributed by atoms with Gasteiger partial charge in [0, 0.05) is 44.7 Å². The summed E-state index contributed by atoms with van der Waals surface area (Å²) in [6.07, 6.45) is 3.40. The van der Waals surface area contributed by atoms with Gasteiger partial charge in [-0.1, -0.05) is 5.16 Å². The molecule has 1 saturated carbocycles. The number of rotatable bonds is 4. The first-order valence-corrected chi connectivity index (χ1v) is 8.35. The molecule has 3 fully saturated rings. The summed E-state index contributed by atoms with van der Waals surface area (Å²) in [6, 6.07) is 1.84. The van der Waals surface area contributed by atoms with Gasteiger partial charge in [-0.25, -0.2) is 0 Å². The Morgan fingerprint density at radius 3 is 2.82 bits per heavy atom. The van der Waals surface area contributed by atoms with E-state index in [2.05, 4.69) is 10.1 Å². The molecular weight excluding hydrogens is 282 g/mol. The summed E-state index contributed by atoms with van der Waals surface area (Å²) in [5, 5.41) is 3.97. The molecule has 0 spiro atoms. The van der Waals surface area contributed by atoms with Gasteiger partial charge in [0.25, 0.3) is 5.91 Å². The number of hydrogen-bond acceptors (Lipinski definition) is 5. The van der Waals surface area contributed by atoms with Crippen molar-refractivity contribution in [1.82, 2.24) is 15.0 Å². The molecule has 3 heterocycles. The molecule has 1 aromatic rings. The van der Waals surface area contributed by atoms with Crippen LogP contribution >= 0.6 is 0 Å². The monoisotopic (exact) mass is 305 g/mol. The van der Waals surface area contributed by atoms with E-state index in [0.29, 0.717) is 17.5 Å². The predicted octanol–water partition coefficient (Wildman–Crippen LogP) is 1.35. The third-order valence-electron chi connectivity index (χ3n) is 4.92. The van der Waals surface area contributed by atoms with Gasteiger partial charge >= 0.3 is 0 Å². The van der Waals surface area contributed by atoms with Gasteiger partial charge < -0.3 is 14.2 Å².